The molecule has 0 aliphatic rings. The molecule has 1 rings (SSSR count). The van der Waals surface area contributed by atoms with Gasteiger partial charge >= 0.3 is 0 Å². The summed E-state index contributed by atoms with van der Waals surface area (Å²) in [5, 5.41) is 9.55. The molecular weight excluding hydrogens is 162 g/mol. The van der Waals surface area contributed by atoms with Crippen LogP contribution in [0.3, 0.4) is 0 Å². The molecule has 0 radical (unpaired) electrons. The first-order chi connectivity index (χ1) is 6.00. The number of rotatable bonds is 2. The van der Waals surface area contributed by atoms with Crippen molar-refractivity contribution in [2.24, 2.45) is 0 Å². The number of phenols is 1. The molecule has 1 aromatic carbocycles. The lowest BCUT2D eigenvalue weighted by Crippen LogP contribution is -2.60. The Labute approximate surface area is 79.4 Å². The molecule has 0 aromatic heterocycles. The fraction of sp³-hybridized carbons (Fsp3) is 0.455. The van der Waals surface area contributed by atoms with Crippen molar-refractivity contribution in [3.05, 3.63) is 28.8 Å². The van der Waals surface area contributed by atoms with Gasteiger partial charge < -0.3 is 10.8 Å². The zero-order valence-electron chi connectivity index (χ0n) is 8.59. The number of quaternary nitrogens is 1. The molecule has 0 heterocycles. The third kappa shape index (κ3) is 2.46. The molecule has 0 fully saturated rings. The van der Waals surface area contributed by atoms with Crippen LogP contribution in [0.2, 0.25) is 0 Å². The van der Waals surface area contributed by atoms with Crippen LogP contribution in [-0.2, 0) is 6.42 Å². The predicted molar refractivity (Wildman–Crippen MR) is 53.6 cm³/mol. The summed E-state index contributed by atoms with van der Waals surface area (Å²) >= 11 is 0. The fourth-order valence-electron chi connectivity index (χ4n) is 1.57. The molecular formula is C11H18NO+. The van der Waals surface area contributed by atoms with Gasteiger partial charge in [0, 0.05) is 6.42 Å². The normalized spacial score (nSPS) is 12.9. The van der Waals surface area contributed by atoms with Gasteiger partial charge in [-0.2, -0.15) is 0 Å². The van der Waals surface area contributed by atoms with Gasteiger partial charge in [0.1, 0.15) is 5.75 Å². The zero-order chi connectivity index (χ0) is 10.0. The molecule has 2 heteroatoms. The molecule has 0 saturated carbocycles. The Morgan fingerprint density at radius 2 is 1.77 bits per heavy atom. The van der Waals surface area contributed by atoms with Crippen molar-refractivity contribution in [2.45, 2.75) is 33.2 Å². The third-order valence-electron chi connectivity index (χ3n) is 2.14. The highest BCUT2D eigenvalue weighted by atomic mass is 16.3. The average Bonchev–Trinajstić information content (AvgIpc) is 1.98. The lowest BCUT2D eigenvalue weighted by Gasteiger charge is -2.08. The number of benzene rings is 1. The van der Waals surface area contributed by atoms with E-state index in [0.717, 1.165) is 17.5 Å². The highest BCUT2D eigenvalue weighted by Gasteiger charge is 2.05. The molecule has 1 aromatic rings. The van der Waals surface area contributed by atoms with E-state index in [2.05, 4.69) is 12.7 Å². The lowest BCUT2D eigenvalue weighted by atomic mass is 10.0. The van der Waals surface area contributed by atoms with E-state index in [1.165, 1.54) is 5.56 Å². The summed E-state index contributed by atoms with van der Waals surface area (Å²) in [7, 11) is 0. The van der Waals surface area contributed by atoms with Crippen molar-refractivity contribution in [2.75, 3.05) is 0 Å². The lowest BCUT2D eigenvalue weighted by molar-refractivity contribution is -0.413. The van der Waals surface area contributed by atoms with Crippen LogP contribution >= 0.6 is 0 Å². The van der Waals surface area contributed by atoms with Crippen LogP contribution in [0.4, 0.5) is 0 Å². The maximum Gasteiger partial charge on any atom is 0.121 e. The van der Waals surface area contributed by atoms with Crippen LogP contribution in [0.5, 0.6) is 5.75 Å². The monoisotopic (exact) mass is 180 g/mol. The summed E-state index contributed by atoms with van der Waals surface area (Å²) in [4.78, 5) is 0. The molecule has 0 aliphatic carbocycles. The van der Waals surface area contributed by atoms with Crippen molar-refractivity contribution >= 4 is 0 Å². The summed E-state index contributed by atoms with van der Waals surface area (Å²) in [5.41, 5.74) is 7.12. The van der Waals surface area contributed by atoms with Crippen molar-refractivity contribution in [3.63, 3.8) is 0 Å². The molecule has 4 N–H and O–H groups in total. The van der Waals surface area contributed by atoms with E-state index in [1.54, 1.807) is 0 Å². The summed E-state index contributed by atoms with van der Waals surface area (Å²) in [6.07, 6.45) is 0.974. The maximum atomic E-state index is 9.55. The van der Waals surface area contributed by atoms with E-state index >= 15 is 0 Å². The Morgan fingerprint density at radius 3 is 2.15 bits per heavy atom. The summed E-state index contributed by atoms with van der Waals surface area (Å²) in [5.74, 6) is 0.417. The number of hydrogen-bond acceptors (Lipinski definition) is 1. The second kappa shape index (κ2) is 3.79. The van der Waals surface area contributed by atoms with Crippen molar-refractivity contribution < 1.29 is 10.8 Å². The standard InChI is InChI=1S/C11H17NO/c1-7-4-10(6-9(3)12)5-8(2)11(7)13/h4-5,9,13H,6,12H2,1-3H3/p+1. The maximum absolute atomic E-state index is 9.55. The Kier molecular flexibility index (Phi) is 2.94. The van der Waals surface area contributed by atoms with E-state index in [9.17, 15) is 5.11 Å². The van der Waals surface area contributed by atoms with Gasteiger partial charge in [-0.1, -0.05) is 12.1 Å². The molecule has 72 valence electrons. The second-order valence-electron chi connectivity index (χ2n) is 3.89. The largest absolute Gasteiger partial charge is 0.507 e. The van der Waals surface area contributed by atoms with Gasteiger partial charge in [-0.3, -0.25) is 0 Å². The molecule has 13 heavy (non-hydrogen) atoms. The zero-order valence-corrected chi connectivity index (χ0v) is 8.59. The summed E-state index contributed by atoms with van der Waals surface area (Å²) in [6, 6.07) is 4.48. The van der Waals surface area contributed by atoms with E-state index in [-0.39, 0.29) is 0 Å². The van der Waals surface area contributed by atoms with Crippen LogP contribution in [0.1, 0.15) is 23.6 Å². The SMILES string of the molecule is Cc1cc(CC(C)[NH3+])cc(C)c1O. The van der Waals surface area contributed by atoms with Gasteiger partial charge in [-0.25, -0.2) is 0 Å². The van der Waals surface area contributed by atoms with Crippen LogP contribution in [0.25, 0.3) is 0 Å². The van der Waals surface area contributed by atoms with E-state index < -0.39 is 0 Å². The van der Waals surface area contributed by atoms with Gasteiger partial charge in [0.25, 0.3) is 0 Å². The average molecular weight is 180 g/mol. The molecule has 2 nitrogen and oxygen atoms in total. The molecule has 0 spiro atoms. The van der Waals surface area contributed by atoms with Gasteiger partial charge in [0.15, 0.2) is 0 Å². The Morgan fingerprint density at radius 1 is 1.31 bits per heavy atom. The predicted octanol–water partition coefficient (Wildman–Crippen LogP) is 1.18. The van der Waals surface area contributed by atoms with Crippen molar-refractivity contribution in [3.8, 4) is 5.75 Å². The Bertz CT molecular complexity index is 282. The van der Waals surface area contributed by atoms with E-state index in [4.69, 9.17) is 0 Å². The van der Waals surface area contributed by atoms with Crippen LogP contribution in [0.15, 0.2) is 12.1 Å². The Hall–Kier alpha value is -1.02. The minimum Gasteiger partial charge on any atom is -0.507 e. The highest BCUT2D eigenvalue weighted by Crippen LogP contribution is 2.23. The number of phenolic OH excluding ortho intramolecular Hbond substituents is 1. The van der Waals surface area contributed by atoms with Crippen LogP contribution in [-0.4, -0.2) is 11.1 Å². The van der Waals surface area contributed by atoms with Crippen LogP contribution in [0, 0.1) is 13.8 Å². The summed E-state index contributed by atoms with van der Waals surface area (Å²) < 4.78 is 0. The summed E-state index contributed by atoms with van der Waals surface area (Å²) in [6.45, 7) is 5.96. The van der Waals surface area contributed by atoms with E-state index in [0.29, 0.717) is 11.8 Å². The number of aromatic hydroxyl groups is 1. The quantitative estimate of drug-likeness (QED) is 0.705. The molecule has 1 atom stereocenters. The minimum absolute atomic E-state index is 0.417. The number of aryl methyl sites for hydroxylation is 2. The highest BCUT2D eigenvalue weighted by molar-refractivity contribution is 5.42. The van der Waals surface area contributed by atoms with Crippen LogP contribution < -0.4 is 5.73 Å². The topological polar surface area (TPSA) is 47.9 Å². The van der Waals surface area contributed by atoms with Crippen molar-refractivity contribution in [1.29, 1.82) is 0 Å². The first-order valence-corrected chi connectivity index (χ1v) is 4.63. The van der Waals surface area contributed by atoms with Gasteiger partial charge in [-0.05, 0) is 37.5 Å². The molecule has 0 bridgehead atoms. The minimum atomic E-state index is 0.417. The molecule has 0 aliphatic heterocycles. The fourth-order valence-corrected chi connectivity index (χ4v) is 1.57. The van der Waals surface area contributed by atoms with E-state index in [1.807, 2.05) is 26.0 Å². The number of hydrogen-bond donors (Lipinski definition) is 2. The first kappa shape index (κ1) is 10.1. The second-order valence-corrected chi connectivity index (χ2v) is 3.89. The third-order valence-corrected chi connectivity index (χ3v) is 2.14. The first-order valence-electron chi connectivity index (χ1n) is 4.63. The van der Waals surface area contributed by atoms with Crippen molar-refractivity contribution in [1.82, 2.24) is 0 Å². The van der Waals surface area contributed by atoms with Gasteiger partial charge in [-0.15, -0.1) is 0 Å². The molecule has 0 saturated heterocycles. The molecule has 1 unspecified atom stereocenters. The van der Waals surface area contributed by atoms with Gasteiger partial charge in [0.05, 0.1) is 6.04 Å². The molecule has 0 amide bonds. The smallest absolute Gasteiger partial charge is 0.121 e. The van der Waals surface area contributed by atoms with Gasteiger partial charge in [0.2, 0.25) is 0 Å². The Balaban J connectivity index is 2.99.